The minimum atomic E-state index is -0.565. The van der Waals surface area contributed by atoms with Crippen molar-refractivity contribution in [3.63, 3.8) is 0 Å². The Morgan fingerprint density at radius 3 is 2.17 bits per heavy atom. The molecule has 6 nitrogen and oxygen atoms in total. The van der Waals surface area contributed by atoms with E-state index in [1.165, 1.54) is 0 Å². The first-order chi connectivity index (χ1) is 16.5. The average molecular weight is 500 g/mol. The van der Waals surface area contributed by atoms with Crippen LogP contribution in [0.4, 0.5) is 9.18 Å². The lowest BCUT2D eigenvalue weighted by molar-refractivity contribution is 0.00578. The zero-order valence-electron chi connectivity index (χ0n) is 23.6. The molecule has 36 heavy (non-hydrogen) atoms. The number of aromatic nitrogens is 1. The Hall–Kier alpha value is -2.06. The van der Waals surface area contributed by atoms with Crippen molar-refractivity contribution in [3.8, 4) is 0 Å². The molecule has 0 bridgehead atoms. The number of likely N-dealkylation sites (tertiary alicyclic amines) is 1. The topological polar surface area (TPSA) is 52.9 Å². The van der Waals surface area contributed by atoms with Crippen molar-refractivity contribution in [1.29, 1.82) is 0 Å². The monoisotopic (exact) mass is 500 g/mol. The number of benzene rings is 1. The Kier molecular flexibility index (Phi) is 6.79. The lowest BCUT2D eigenvalue weighted by Crippen LogP contribution is -2.41. The largest absolute Gasteiger partial charge is 0.512 e. The molecule has 198 valence electrons. The van der Waals surface area contributed by atoms with Crippen LogP contribution in [-0.2, 0) is 21.1 Å². The van der Waals surface area contributed by atoms with Crippen LogP contribution in [0.3, 0.4) is 0 Å². The van der Waals surface area contributed by atoms with Crippen LogP contribution in [0.25, 0.3) is 10.9 Å². The molecule has 2 fully saturated rings. The van der Waals surface area contributed by atoms with Gasteiger partial charge in [0.1, 0.15) is 11.4 Å². The summed E-state index contributed by atoms with van der Waals surface area (Å²) >= 11 is 0. The Labute approximate surface area is 215 Å². The zero-order valence-corrected chi connectivity index (χ0v) is 23.6. The molecule has 1 aromatic heterocycles. The number of aryl methyl sites for hydroxylation is 1. The van der Waals surface area contributed by atoms with Crippen molar-refractivity contribution in [1.82, 2.24) is 9.47 Å². The van der Waals surface area contributed by atoms with Gasteiger partial charge in [0.05, 0.1) is 22.3 Å². The van der Waals surface area contributed by atoms with Crippen molar-refractivity contribution in [2.75, 3.05) is 13.1 Å². The van der Waals surface area contributed by atoms with Crippen LogP contribution in [0.1, 0.15) is 98.1 Å². The van der Waals surface area contributed by atoms with Crippen molar-refractivity contribution in [3.05, 3.63) is 29.1 Å². The number of halogens is 1. The Morgan fingerprint density at radius 2 is 1.67 bits per heavy atom. The van der Waals surface area contributed by atoms with Crippen LogP contribution in [-0.4, -0.2) is 52.6 Å². The minimum Gasteiger partial charge on any atom is -0.444 e. The molecule has 0 radical (unpaired) electrons. The molecule has 2 aliphatic rings. The number of fused-ring (bicyclic) bond motifs is 1. The number of carbonyl (C=O) groups excluding carboxylic acids is 1. The highest BCUT2D eigenvalue weighted by molar-refractivity contribution is 6.62. The molecule has 0 N–H and O–H groups in total. The number of ether oxygens (including phenoxy) is 1. The van der Waals surface area contributed by atoms with Crippen LogP contribution in [0.15, 0.2) is 12.1 Å². The van der Waals surface area contributed by atoms with E-state index in [2.05, 4.69) is 13.8 Å². The van der Waals surface area contributed by atoms with Gasteiger partial charge in [0.15, 0.2) is 0 Å². The SMILES string of the molecule is CC(C)c1c(B2OC(C)(C)C(C)(C)O2)n(C)c2ccc(C3CCN(C(=O)OC(C)(C)C)CC3)c(F)c12. The molecule has 0 unspecified atom stereocenters. The van der Waals surface area contributed by atoms with Crippen molar-refractivity contribution in [2.45, 2.75) is 104 Å². The van der Waals surface area contributed by atoms with Gasteiger partial charge in [-0.1, -0.05) is 19.9 Å². The van der Waals surface area contributed by atoms with E-state index in [1.807, 2.05) is 72.2 Å². The van der Waals surface area contributed by atoms with Crippen molar-refractivity contribution >= 4 is 29.7 Å². The molecule has 2 saturated heterocycles. The third kappa shape index (κ3) is 4.67. The zero-order chi connectivity index (χ0) is 26.8. The molecule has 0 spiro atoms. The second-order valence-corrected chi connectivity index (χ2v) is 12.7. The summed E-state index contributed by atoms with van der Waals surface area (Å²) in [4.78, 5) is 14.2. The lowest BCUT2D eigenvalue weighted by Gasteiger charge is -2.33. The summed E-state index contributed by atoms with van der Waals surface area (Å²) in [5.74, 6) is -0.0274. The molecule has 2 aliphatic heterocycles. The van der Waals surface area contributed by atoms with Gasteiger partial charge in [0, 0.05) is 25.5 Å². The summed E-state index contributed by atoms with van der Waals surface area (Å²) < 4.78 is 36.7. The van der Waals surface area contributed by atoms with E-state index >= 15 is 4.39 Å². The first kappa shape index (κ1) is 27.0. The second-order valence-electron chi connectivity index (χ2n) is 12.7. The molecular formula is C28H42BFN2O4. The van der Waals surface area contributed by atoms with Crippen LogP contribution >= 0.6 is 0 Å². The number of hydrogen-bond acceptors (Lipinski definition) is 4. The first-order valence-electron chi connectivity index (χ1n) is 13.2. The Morgan fingerprint density at radius 1 is 1.11 bits per heavy atom. The van der Waals surface area contributed by atoms with Gasteiger partial charge in [-0.2, -0.15) is 0 Å². The van der Waals surface area contributed by atoms with Crippen LogP contribution < -0.4 is 5.59 Å². The van der Waals surface area contributed by atoms with Crippen molar-refractivity contribution in [2.24, 2.45) is 7.05 Å². The number of carbonyl (C=O) groups is 1. The number of piperidine rings is 1. The fourth-order valence-electron chi connectivity index (χ4n) is 5.40. The fraction of sp³-hybridized carbons (Fsp3) is 0.679. The Bertz CT molecular complexity index is 1140. The second kappa shape index (κ2) is 9.05. The molecule has 4 rings (SSSR count). The van der Waals surface area contributed by atoms with E-state index in [4.69, 9.17) is 14.0 Å². The lowest BCUT2D eigenvalue weighted by atomic mass is 9.78. The Balaban J connectivity index is 1.67. The van der Waals surface area contributed by atoms with Gasteiger partial charge in [-0.3, -0.25) is 0 Å². The number of nitrogens with zero attached hydrogens (tertiary/aromatic N) is 2. The molecule has 0 aliphatic carbocycles. The maximum Gasteiger partial charge on any atom is 0.512 e. The molecular weight excluding hydrogens is 458 g/mol. The van der Waals surface area contributed by atoms with E-state index in [-0.39, 0.29) is 23.7 Å². The number of hydrogen-bond donors (Lipinski definition) is 0. The molecule has 0 saturated carbocycles. The van der Waals surface area contributed by atoms with Crippen LogP contribution in [0, 0.1) is 5.82 Å². The van der Waals surface area contributed by atoms with Gasteiger partial charge in [-0.15, -0.1) is 0 Å². The summed E-state index contributed by atoms with van der Waals surface area (Å²) in [5, 5.41) is 0.657. The summed E-state index contributed by atoms with van der Waals surface area (Å²) in [6.45, 7) is 19.0. The summed E-state index contributed by atoms with van der Waals surface area (Å²) in [7, 11) is 1.40. The molecule has 1 aromatic carbocycles. The fourth-order valence-corrected chi connectivity index (χ4v) is 5.40. The molecule has 1 amide bonds. The first-order valence-corrected chi connectivity index (χ1v) is 13.2. The van der Waals surface area contributed by atoms with E-state index in [1.54, 1.807) is 4.90 Å². The van der Waals surface area contributed by atoms with E-state index in [0.29, 0.717) is 31.3 Å². The summed E-state index contributed by atoms with van der Waals surface area (Å²) in [6.07, 6.45) is 1.11. The maximum atomic E-state index is 16.3. The summed E-state index contributed by atoms with van der Waals surface area (Å²) in [5.41, 5.74) is 1.91. The number of amides is 1. The van der Waals surface area contributed by atoms with Gasteiger partial charge in [0.2, 0.25) is 0 Å². The van der Waals surface area contributed by atoms with Gasteiger partial charge < -0.3 is 23.5 Å². The molecule has 2 aromatic rings. The quantitative estimate of drug-likeness (QED) is 0.496. The average Bonchev–Trinajstić information content (AvgIpc) is 3.17. The third-order valence-corrected chi connectivity index (χ3v) is 8.06. The van der Waals surface area contributed by atoms with E-state index in [0.717, 1.165) is 22.2 Å². The minimum absolute atomic E-state index is 0.0496. The normalized spacial score (nSPS) is 20.6. The van der Waals surface area contributed by atoms with Gasteiger partial charge in [0.25, 0.3) is 0 Å². The standard InChI is InChI=1S/C28H42BFN2O4/c1-17(2)21-22-20(31(10)24(21)29-35-27(6,7)28(8,9)36-29)12-11-19(23(22)30)18-13-15-32(16-14-18)25(33)34-26(3,4)5/h11-12,17-18H,13-16H2,1-10H3. The smallest absolute Gasteiger partial charge is 0.444 e. The van der Waals surface area contributed by atoms with Gasteiger partial charge >= 0.3 is 13.2 Å². The van der Waals surface area contributed by atoms with Crippen LogP contribution in [0.2, 0.25) is 0 Å². The highest BCUT2D eigenvalue weighted by Gasteiger charge is 2.53. The highest BCUT2D eigenvalue weighted by Crippen LogP contribution is 2.40. The molecule has 3 heterocycles. The van der Waals surface area contributed by atoms with Crippen molar-refractivity contribution < 1.29 is 23.2 Å². The maximum absolute atomic E-state index is 16.3. The van der Waals surface area contributed by atoms with Gasteiger partial charge in [-0.25, -0.2) is 9.18 Å². The highest BCUT2D eigenvalue weighted by atomic mass is 19.1. The third-order valence-electron chi connectivity index (χ3n) is 8.06. The van der Waals surface area contributed by atoms with E-state index in [9.17, 15) is 4.79 Å². The molecule has 8 heteroatoms. The predicted molar refractivity (Wildman–Crippen MR) is 142 cm³/mol. The summed E-state index contributed by atoms with van der Waals surface area (Å²) in [6, 6.07) is 3.94. The number of rotatable bonds is 3. The predicted octanol–water partition coefficient (Wildman–Crippen LogP) is 5.85. The molecule has 0 atom stereocenters. The van der Waals surface area contributed by atoms with Gasteiger partial charge in [-0.05, 0) is 90.3 Å². The van der Waals surface area contributed by atoms with E-state index < -0.39 is 23.9 Å². The van der Waals surface area contributed by atoms with Crippen LogP contribution in [0.5, 0.6) is 0 Å².